The number of piperidine rings is 1. The second kappa shape index (κ2) is 15.7. The number of carbonyl (C=O) groups is 1. The van der Waals surface area contributed by atoms with Crippen LogP contribution in [0.2, 0.25) is 0 Å². The Bertz CT molecular complexity index is 1360. The first-order valence-corrected chi connectivity index (χ1v) is 15.6. The van der Waals surface area contributed by atoms with Crippen molar-refractivity contribution >= 4 is 16.1 Å². The second-order valence-corrected chi connectivity index (χ2v) is 12.5. The van der Waals surface area contributed by atoms with E-state index in [1.165, 1.54) is 24.3 Å². The molecular weight excluding hydrogens is 557 g/mol. The maximum atomic E-state index is 13.3. The summed E-state index contributed by atoms with van der Waals surface area (Å²) >= 11 is 0. The number of carbonyl (C=O) groups excluding carboxylic acids is 1. The average molecular weight is 600 g/mol. The number of benzene rings is 3. The fourth-order valence-electron chi connectivity index (χ4n) is 4.42. The summed E-state index contributed by atoms with van der Waals surface area (Å²) in [5, 5.41) is 3.07. The smallest absolute Gasteiger partial charge is 0.318 e. The van der Waals surface area contributed by atoms with E-state index in [0.717, 1.165) is 48.4 Å². The van der Waals surface area contributed by atoms with Gasteiger partial charge in [0.2, 0.25) is 0 Å². The fourth-order valence-corrected chi connectivity index (χ4v) is 4.90. The first kappa shape index (κ1) is 33.0. The molecule has 0 atom stereocenters. The van der Waals surface area contributed by atoms with E-state index in [1.54, 1.807) is 24.3 Å². The van der Waals surface area contributed by atoms with Crippen molar-refractivity contribution in [2.45, 2.75) is 57.6 Å². The summed E-state index contributed by atoms with van der Waals surface area (Å²) in [6.07, 6.45) is 1.88. The van der Waals surface area contributed by atoms with Crippen LogP contribution in [-0.2, 0) is 23.2 Å². The van der Waals surface area contributed by atoms with Gasteiger partial charge >= 0.3 is 6.03 Å². The molecule has 228 valence electrons. The molecule has 1 aliphatic rings. The Labute approximate surface area is 249 Å². The van der Waals surface area contributed by atoms with E-state index in [-0.39, 0.29) is 22.8 Å². The van der Waals surface area contributed by atoms with Crippen molar-refractivity contribution < 1.29 is 26.9 Å². The highest BCUT2D eigenvalue weighted by Gasteiger charge is 2.27. The number of halogens is 1. The number of urea groups is 1. The van der Waals surface area contributed by atoms with Crippen LogP contribution < -0.4 is 10.1 Å². The van der Waals surface area contributed by atoms with Crippen molar-refractivity contribution in [1.82, 2.24) is 15.1 Å². The maximum Gasteiger partial charge on any atom is 0.318 e. The third-order valence-corrected chi connectivity index (χ3v) is 7.79. The minimum Gasteiger partial charge on any atom is -0.493 e. The van der Waals surface area contributed by atoms with Crippen LogP contribution in [0.5, 0.6) is 5.75 Å². The van der Waals surface area contributed by atoms with Crippen molar-refractivity contribution in [2.75, 3.05) is 26.7 Å². The van der Waals surface area contributed by atoms with Crippen LogP contribution in [0.3, 0.4) is 0 Å². The lowest BCUT2D eigenvalue weighted by Gasteiger charge is -2.37. The minimum absolute atomic E-state index is 0.0666. The summed E-state index contributed by atoms with van der Waals surface area (Å²) in [7, 11) is -1.91. The molecule has 0 spiro atoms. The van der Waals surface area contributed by atoms with Crippen molar-refractivity contribution in [3.8, 4) is 5.75 Å². The normalized spacial score (nSPS) is 14.2. The molecule has 4 rings (SSSR count). The molecule has 0 bridgehead atoms. The van der Waals surface area contributed by atoms with E-state index >= 15 is 0 Å². The first-order valence-electron chi connectivity index (χ1n) is 14.1. The van der Waals surface area contributed by atoms with E-state index < -0.39 is 10.1 Å². The van der Waals surface area contributed by atoms with Crippen LogP contribution >= 0.6 is 0 Å². The zero-order valence-corrected chi connectivity index (χ0v) is 25.6. The molecule has 0 aliphatic carbocycles. The zero-order chi connectivity index (χ0) is 30.7. The molecule has 1 heterocycles. The molecule has 3 aromatic rings. The molecule has 0 aromatic heterocycles. The molecule has 10 heteroatoms. The lowest BCUT2D eigenvalue weighted by atomic mass is 10.0. The van der Waals surface area contributed by atoms with Gasteiger partial charge in [-0.3, -0.25) is 4.55 Å². The van der Waals surface area contributed by atoms with E-state index in [9.17, 15) is 17.6 Å². The minimum atomic E-state index is -4.02. The third-order valence-electron chi connectivity index (χ3n) is 6.93. The topological polar surface area (TPSA) is 99.2 Å². The highest BCUT2D eigenvalue weighted by atomic mass is 32.2. The zero-order valence-electron chi connectivity index (χ0n) is 24.8. The molecule has 1 fully saturated rings. The van der Waals surface area contributed by atoms with Crippen LogP contribution in [0.1, 0.15) is 43.4 Å². The van der Waals surface area contributed by atoms with Crippen LogP contribution in [-0.4, -0.2) is 61.6 Å². The van der Waals surface area contributed by atoms with Gasteiger partial charge in [0.1, 0.15) is 11.6 Å². The SMILES string of the molecule is CC(C)COc1ccc(CNC(=O)N(Cc2ccc(F)cc2)C2CCN(C)CC2)cc1.Cc1ccc(S(=O)(=O)O)cc1. The quantitative estimate of drug-likeness (QED) is 0.297. The Morgan fingerprint density at radius 1 is 1.00 bits per heavy atom. The first-order chi connectivity index (χ1) is 19.9. The number of hydrogen-bond donors (Lipinski definition) is 2. The number of amides is 2. The molecule has 1 aliphatic heterocycles. The average Bonchev–Trinajstić information content (AvgIpc) is 2.96. The molecule has 3 aromatic carbocycles. The molecule has 42 heavy (non-hydrogen) atoms. The van der Waals surface area contributed by atoms with Crippen LogP contribution in [0.25, 0.3) is 0 Å². The highest BCUT2D eigenvalue weighted by Crippen LogP contribution is 2.20. The van der Waals surface area contributed by atoms with Gasteiger partial charge in [0.15, 0.2) is 0 Å². The van der Waals surface area contributed by atoms with Gasteiger partial charge in [-0.2, -0.15) is 8.42 Å². The maximum absolute atomic E-state index is 13.3. The Balaban J connectivity index is 0.000000369. The van der Waals surface area contributed by atoms with Crippen LogP contribution in [0.15, 0.2) is 77.7 Å². The molecule has 0 unspecified atom stereocenters. The van der Waals surface area contributed by atoms with Crippen LogP contribution in [0, 0.1) is 18.7 Å². The summed E-state index contributed by atoms with van der Waals surface area (Å²) in [5.41, 5.74) is 2.91. The lowest BCUT2D eigenvalue weighted by Crippen LogP contribution is -2.49. The largest absolute Gasteiger partial charge is 0.493 e. The van der Waals surface area contributed by atoms with E-state index in [2.05, 4.69) is 31.1 Å². The summed E-state index contributed by atoms with van der Waals surface area (Å²) in [6, 6.07) is 20.3. The monoisotopic (exact) mass is 599 g/mol. The Hall–Kier alpha value is -3.47. The second-order valence-electron chi connectivity index (χ2n) is 11.1. The lowest BCUT2D eigenvalue weighted by molar-refractivity contribution is 0.127. The number of ether oxygens (including phenoxy) is 1. The fraction of sp³-hybridized carbons (Fsp3) is 0.406. The number of aryl methyl sites for hydroxylation is 1. The third kappa shape index (κ3) is 11.1. The highest BCUT2D eigenvalue weighted by molar-refractivity contribution is 7.85. The number of nitrogens with one attached hydrogen (secondary N) is 1. The number of hydrogen-bond acceptors (Lipinski definition) is 5. The molecule has 0 radical (unpaired) electrons. The molecule has 2 amide bonds. The predicted molar refractivity (Wildman–Crippen MR) is 162 cm³/mol. The van der Waals surface area contributed by atoms with Crippen molar-refractivity contribution in [3.63, 3.8) is 0 Å². The summed E-state index contributed by atoms with van der Waals surface area (Å²) in [6.45, 7) is 9.63. The van der Waals surface area contributed by atoms with Crippen molar-refractivity contribution in [1.29, 1.82) is 0 Å². The Kier molecular flexibility index (Phi) is 12.3. The van der Waals surface area contributed by atoms with Gasteiger partial charge in [0.05, 0.1) is 11.5 Å². The van der Waals surface area contributed by atoms with E-state index in [1.807, 2.05) is 36.1 Å². The van der Waals surface area contributed by atoms with Gasteiger partial charge in [-0.15, -0.1) is 0 Å². The van der Waals surface area contributed by atoms with Gasteiger partial charge in [-0.1, -0.05) is 55.8 Å². The number of rotatable bonds is 9. The van der Waals surface area contributed by atoms with Crippen molar-refractivity contribution in [3.05, 3.63) is 95.3 Å². The molecular formula is C32H42FN3O5S. The molecule has 2 N–H and O–H groups in total. The van der Waals surface area contributed by atoms with Gasteiger partial charge in [-0.05, 0) is 93.3 Å². The van der Waals surface area contributed by atoms with Crippen LogP contribution in [0.4, 0.5) is 9.18 Å². The Morgan fingerprint density at radius 2 is 1.57 bits per heavy atom. The predicted octanol–water partition coefficient (Wildman–Crippen LogP) is 5.91. The van der Waals surface area contributed by atoms with Gasteiger partial charge in [0, 0.05) is 19.1 Å². The Morgan fingerprint density at radius 3 is 2.12 bits per heavy atom. The molecule has 8 nitrogen and oxygen atoms in total. The molecule has 1 saturated heterocycles. The number of nitrogens with zero attached hydrogens (tertiary/aromatic N) is 2. The van der Waals surface area contributed by atoms with Gasteiger partial charge in [0.25, 0.3) is 10.1 Å². The summed E-state index contributed by atoms with van der Waals surface area (Å²) in [5.74, 6) is 1.05. The number of likely N-dealkylation sites (tertiary alicyclic amines) is 1. The van der Waals surface area contributed by atoms with Gasteiger partial charge < -0.3 is 19.9 Å². The van der Waals surface area contributed by atoms with E-state index in [0.29, 0.717) is 25.6 Å². The van der Waals surface area contributed by atoms with Gasteiger partial charge in [-0.25, -0.2) is 9.18 Å². The van der Waals surface area contributed by atoms with E-state index in [4.69, 9.17) is 9.29 Å². The van der Waals surface area contributed by atoms with Crippen molar-refractivity contribution in [2.24, 2.45) is 5.92 Å². The standard InChI is InChI=1S/C25H34FN3O2.C7H8O3S/c1-19(2)18-31-24-10-6-20(7-11-24)16-27-25(30)29(23-12-14-28(3)15-13-23)17-21-4-8-22(26)9-5-21;1-6-2-4-7(5-3-6)11(8,9)10/h4-11,19,23H,12-18H2,1-3H3,(H,27,30);2-5H,1H3,(H,8,9,10). The molecule has 0 saturated carbocycles. The summed E-state index contributed by atoms with van der Waals surface area (Å²) in [4.78, 5) is 17.2. The summed E-state index contributed by atoms with van der Waals surface area (Å²) < 4.78 is 48.6.